The van der Waals surface area contributed by atoms with Crippen LogP contribution in [0.1, 0.15) is 32.3 Å². The number of benzene rings is 1. The summed E-state index contributed by atoms with van der Waals surface area (Å²) in [5.41, 5.74) is 0.849. The molecule has 21 heavy (non-hydrogen) atoms. The molecular formula is C15H25Cl2NOSiZr. The van der Waals surface area contributed by atoms with Gasteiger partial charge in [0.2, 0.25) is 0 Å². The third-order valence-electron chi connectivity index (χ3n) is 3.24. The number of hydrogen-bond acceptors (Lipinski definition) is 2. The third kappa shape index (κ3) is 7.97. The molecule has 0 aliphatic heterocycles. The number of nitrogens with zero attached hydrogens (tertiary/aromatic N) is 1. The predicted octanol–water partition coefficient (Wildman–Crippen LogP) is 4.92. The molecular weight excluding hydrogens is 400 g/mol. The fourth-order valence-corrected chi connectivity index (χ4v) is 3.41. The van der Waals surface area contributed by atoms with Crippen molar-refractivity contribution < 1.29 is 26.0 Å². The predicted molar refractivity (Wildman–Crippen MR) is 94.8 cm³/mol. The van der Waals surface area contributed by atoms with Gasteiger partial charge in [-0.25, -0.2) is 0 Å². The van der Waals surface area contributed by atoms with E-state index in [1.807, 2.05) is 24.4 Å². The van der Waals surface area contributed by atoms with Gasteiger partial charge in [-0.05, 0) is 24.1 Å². The zero-order valence-corrected chi connectivity index (χ0v) is 18.4. The molecule has 0 aromatic heterocycles. The van der Waals surface area contributed by atoms with Crippen LogP contribution in [-0.4, -0.2) is 25.4 Å². The van der Waals surface area contributed by atoms with Crippen LogP contribution in [0.5, 0.6) is 5.75 Å². The van der Waals surface area contributed by atoms with Gasteiger partial charge in [-0.2, -0.15) is 0 Å². The Morgan fingerprint density at radius 3 is 2.19 bits per heavy atom. The Morgan fingerprint density at radius 2 is 1.76 bits per heavy atom. The molecule has 0 aliphatic carbocycles. The number of aliphatic imine (C=N–C) groups is 1. The average molecular weight is 426 g/mol. The number of halogens is 2. The van der Waals surface area contributed by atoms with Crippen molar-refractivity contribution in [2.45, 2.75) is 52.4 Å². The maximum atomic E-state index is 10.3. The average Bonchev–Trinajstić information content (AvgIpc) is 2.41. The molecule has 0 amide bonds. The van der Waals surface area contributed by atoms with Crippen molar-refractivity contribution in [3.8, 4) is 5.75 Å². The second-order valence-electron chi connectivity index (χ2n) is 5.81. The fraction of sp³-hybridized carbons (Fsp3) is 0.533. The molecule has 1 N–H and O–H groups in total. The molecule has 0 saturated carbocycles. The van der Waals surface area contributed by atoms with Crippen molar-refractivity contribution in [3.05, 3.63) is 23.8 Å². The van der Waals surface area contributed by atoms with E-state index in [0.717, 1.165) is 23.6 Å². The van der Waals surface area contributed by atoms with Crippen molar-refractivity contribution >= 4 is 36.5 Å². The summed E-state index contributed by atoms with van der Waals surface area (Å²) in [5.74, 6) is 0.423. The molecule has 1 aromatic rings. The van der Waals surface area contributed by atoms with Gasteiger partial charge in [-0.1, -0.05) is 45.6 Å². The molecule has 0 fully saturated rings. The number of aromatic hydroxyl groups is 1. The normalized spacial score (nSPS) is 11.4. The maximum absolute atomic E-state index is 10.3. The van der Waals surface area contributed by atoms with Crippen molar-refractivity contribution in [1.29, 1.82) is 0 Å². The van der Waals surface area contributed by atoms with Gasteiger partial charge < -0.3 is 5.11 Å². The van der Waals surface area contributed by atoms with E-state index in [1.165, 1.54) is 0 Å². The second kappa shape index (κ2) is 11.0. The van der Waals surface area contributed by atoms with E-state index in [9.17, 15) is 5.11 Å². The molecule has 0 heterocycles. The minimum atomic E-state index is -1.49. The van der Waals surface area contributed by atoms with Crippen LogP contribution in [0.2, 0.25) is 19.6 Å². The quantitative estimate of drug-likeness (QED) is 0.527. The Balaban J connectivity index is 0.00000122. The molecule has 1 rings (SSSR count). The van der Waals surface area contributed by atoms with Crippen LogP contribution >= 0.6 is 17.0 Å². The zero-order chi connectivity index (χ0) is 16.5. The number of hydrogen-bond donors (Lipinski definition) is 1. The molecule has 2 nitrogen and oxygen atoms in total. The first-order valence-electron chi connectivity index (χ1n) is 7.13. The van der Waals surface area contributed by atoms with Crippen LogP contribution in [-0.2, 0) is 20.8 Å². The van der Waals surface area contributed by atoms with Crippen molar-refractivity contribution in [2.24, 2.45) is 4.99 Å². The standard InChI is InChI=1S/C15H25NOSi.2ClH.Zr/c1-6-13(7-2)16-11-12-9-8-10-14(15(12)17)18(3,4)5;;;/h8-11,13,17H,6-7H2,1-5H3;2*1H;/q;;;+2/p-2. The van der Waals surface area contributed by atoms with Crippen molar-refractivity contribution in [2.75, 3.05) is 0 Å². The summed E-state index contributed by atoms with van der Waals surface area (Å²) in [6.45, 7) is 11.0. The summed E-state index contributed by atoms with van der Waals surface area (Å²) in [5, 5.41) is 11.4. The first kappa shape index (κ1) is 21.4. The van der Waals surface area contributed by atoms with Crippen molar-refractivity contribution in [3.63, 3.8) is 0 Å². The Hall–Kier alpha value is 0.370. The van der Waals surface area contributed by atoms with Crippen molar-refractivity contribution in [1.82, 2.24) is 0 Å². The van der Waals surface area contributed by atoms with Gasteiger partial charge in [0.05, 0.1) is 8.07 Å². The second-order valence-corrected chi connectivity index (χ2v) is 14.6. The minimum absolute atomic E-state index is 0.361. The number of phenols is 1. The summed E-state index contributed by atoms with van der Waals surface area (Å²) >= 11 is -0.826. The van der Waals surface area contributed by atoms with Gasteiger partial charge >= 0.3 is 37.9 Å². The fourth-order valence-electron chi connectivity index (χ4n) is 1.96. The third-order valence-corrected chi connectivity index (χ3v) is 5.26. The molecule has 0 atom stereocenters. The van der Waals surface area contributed by atoms with Gasteiger partial charge in [0.25, 0.3) is 0 Å². The molecule has 0 spiro atoms. The van der Waals surface area contributed by atoms with Crippen LogP contribution in [0.3, 0.4) is 0 Å². The Bertz CT molecular complexity index is 446. The summed E-state index contributed by atoms with van der Waals surface area (Å²) in [7, 11) is 8.37. The molecule has 0 radical (unpaired) electrons. The Morgan fingerprint density at radius 1 is 1.24 bits per heavy atom. The Kier molecular flexibility index (Phi) is 11.2. The monoisotopic (exact) mass is 423 g/mol. The molecule has 1 aromatic carbocycles. The molecule has 6 heteroatoms. The Labute approximate surface area is 148 Å². The summed E-state index contributed by atoms with van der Waals surface area (Å²) < 4.78 is 0. The summed E-state index contributed by atoms with van der Waals surface area (Å²) in [6.07, 6.45) is 3.92. The van der Waals surface area contributed by atoms with E-state index in [4.69, 9.17) is 17.0 Å². The van der Waals surface area contributed by atoms with Crippen LogP contribution < -0.4 is 5.19 Å². The van der Waals surface area contributed by atoms with Crippen LogP contribution in [0.4, 0.5) is 0 Å². The van der Waals surface area contributed by atoms with E-state index in [-0.39, 0.29) is 0 Å². The SMILES string of the molecule is CCC(CC)N=Cc1cccc([Si](C)(C)C)c1O.[Cl][Zr][Cl]. The first-order chi connectivity index (χ1) is 9.81. The van der Waals surface area contributed by atoms with Crippen LogP contribution in [0, 0.1) is 0 Å². The van der Waals surface area contributed by atoms with E-state index in [0.29, 0.717) is 11.8 Å². The summed E-state index contributed by atoms with van der Waals surface area (Å²) in [6, 6.07) is 6.35. The van der Waals surface area contributed by atoms with Crippen LogP contribution in [0.25, 0.3) is 0 Å². The topological polar surface area (TPSA) is 32.6 Å². The van der Waals surface area contributed by atoms with Gasteiger partial charge in [-0.15, -0.1) is 0 Å². The van der Waals surface area contributed by atoms with E-state index >= 15 is 0 Å². The number of phenolic OH excluding ortho intramolecular Hbond substituents is 1. The van der Waals surface area contributed by atoms with Gasteiger partial charge in [0, 0.05) is 17.8 Å². The number of para-hydroxylation sites is 1. The summed E-state index contributed by atoms with van der Waals surface area (Å²) in [4.78, 5) is 4.55. The molecule has 0 unspecified atom stereocenters. The van der Waals surface area contributed by atoms with E-state index < -0.39 is 28.9 Å². The molecule has 0 bridgehead atoms. The van der Waals surface area contributed by atoms with Gasteiger partial charge in [0.15, 0.2) is 0 Å². The van der Waals surface area contributed by atoms with E-state index in [1.54, 1.807) is 0 Å². The molecule has 0 aliphatic rings. The zero-order valence-electron chi connectivity index (χ0n) is 13.5. The first-order valence-corrected chi connectivity index (χ1v) is 17.0. The molecule has 118 valence electrons. The van der Waals surface area contributed by atoms with Crippen LogP contribution in [0.15, 0.2) is 23.2 Å². The van der Waals surface area contributed by atoms with Gasteiger partial charge in [0.1, 0.15) is 5.75 Å². The number of rotatable bonds is 5. The van der Waals surface area contributed by atoms with Gasteiger partial charge in [-0.3, -0.25) is 4.99 Å². The van der Waals surface area contributed by atoms with E-state index in [2.05, 4.69) is 38.5 Å². The molecule has 0 saturated heterocycles.